The van der Waals surface area contributed by atoms with E-state index in [0.717, 1.165) is 23.5 Å². The molecule has 22 heavy (non-hydrogen) atoms. The fraction of sp³-hybridized carbons (Fsp3) is 0.267. The number of aromatic amines is 1. The molecule has 116 valence electrons. The van der Waals surface area contributed by atoms with Crippen molar-refractivity contribution >= 4 is 29.9 Å². The van der Waals surface area contributed by atoms with Crippen LogP contribution in [0.15, 0.2) is 35.6 Å². The first-order chi connectivity index (χ1) is 10.3. The number of H-pyrrole nitrogens is 1. The van der Waals surface area contributed by atoms with Crippen molar-refractivity contribution < 1.29 is 0 Å². The van der Waals surface area contributed by atoms with Gasteiger partial charge in [0.25, 0.3) is 0 Å². The molecule has 2 aromatic rings. The number of nitrogens with zero attached hydrogens (tertiary/aromatic N) is 3. The van der Waals surface area contributed by atoms with Gasteiger partial charge in [-0.1, -0.05) is 24.1 Å². The molecule has 0 aliphatic heterocycles. The molecule has 1 aromatic carbocycles. The molecule has 3 N–H and O–H groups in total. The van der Waals surface area contributed by atoms with Crippen molar-refractivity contribution in [3.8, 4) is 23.7 Å². The Labute approximate surface area is 147 Å². The average Bonchev–Trinajstić information content (AvgIpc) is 3.05. The Balaban J connectivity index is 0.00000242. The minimum absolute atomic E-state index is 0. The molecule has 0 saturated carbocycles. The van der Waals surface area contributed by atoms with Crippen LogP contribution in [-0.2, 0) is 6.54 Å². The highest BCUT2D eigenvalue weighted by Crippen LogP contribution is 2.15. The number of hydrogen-bond acceptors (Lipinski definition) is 3. The second-order valence-electron chi connectivity index (χ2n) is 4.29. The lowest BCUT2D eigenvalue weighted by atomic mass is 10.1. The fourth-order valence-corrected chi connectivity index (χ4v) is 1.81. The van der Waals surface area contributed by atoms with Crippen molar-refractivity contribution in [2.24, 2.45) is 4.99 Å². The second-order valence-corrected chi connectivity index (χ2v) is 4.29. The number of halogens is 1. The van der Waals surface area contributed by atoms with E-state index in [0.29, 0.717) is 19.0 Å². The highest BCUT2D eigenvalue weighted by Gasteiger charge is 2.02. The predicted molar refractivity (Wildman–Crippen MR) is 98.9 cm³/mol. The van der Waals surface area contributed by atoms with Crippen LogP contribution in [0.3, 0.4) is 0 Å². The molecule has 0 bridgehead atoms. The minimum Gasteiger partial charge on any atom is -0.357 e. The maximum absolute atomic E-state index is 5.24. The maximum atomic E-state index is 5.24. The monoisotopic (exact) mass is 410 g/mol. The van der Waals surface area contributed by atoms with Gasteiger partial charge in [0.05, 0.1) is 13.1 Å². The van der Waals surface area contributed by atoms with E-state index in [4.69, 9.17) is 6.42 Å². The Morgan fingerprint density at radius 3 is 2.95 bits per heavy atom. The van der Waals surface area contributed by atoms with Crippen molar-refractivity contribution in [1.29, 1.82) is 0 Å². The maximum Gasteiger partial charge on any atom is 0.192 e. The summed E-state index contributed by atoms with van der Waals surface area (Å²) in [5.74, 6) is 3.99. The normalized spacial score (nSPS) is 10.5. The molecule has 1 aromatic heterocycles. The lowest BCUT2D eigenvalue weighted by molar-refractivity contribution is 0.865. The summed E-state index contributed by atoms with van der Waals surface area (Å²) >= 11 is 0. The number of benzene rings is 1. The van der Waals surface area contributed by atoms with E-state index < -0.39 is 0 Å². The summed E-state index contributed by atoms with van der Waals surface area (Å²) in [5.41, 5.74) is 2.07. The molecule has 0 spiro atoms. The molecule has 0 aliphatic carbocycles. The fourth-order valence-electron chi connectivity index (χ4n) is 1.81. The molecule has 0 aliphatic rings. The van der Waals surface area contributed by atoms with Gasteiger partial charge in [-0.2, -0.15) is 5.10 Å². The number of terminal acetylenes is 1. The third kappa shape index (κ3) is 5.37. The molecule has 0 saturated heterocycles. The van der Waals surface area contributed by atoms with Gasteiger partial charge in [-0.25, -0.2) is 9.98 Å². The highest BCUT2D eigenvalue weighted by molar-refractivity contribution is 14.0. The first kappa shape index (κ1) is 18.0. The highest BCUT2D eigenvalue weighted by atomic mass is 127. The largest absolute Gasteiger partial charge is 0.357 e. The molecule has 0 amide bonds. The lowest BCUT2D eigenvalue weighted by Gasteiger charge is -2.09. The van der Waals surface area contributed by atoms with E-state index in [1.54, 1.807) is 0 Å². The standard InChI is InChI=1S/C15H18N6.HI/c1-3-8-17-15(16-4-2)18-10-12-6-5-7-13(9-12)14-19-11-20-21-14;/h1,5-7,9,11H,4,8,10H2,2H3,(H2,16,17,18)(H,19,20,21);1H. The van der Waals surface area contributed by atoms with Gasteiger partial charge < -0.3 is 10.6 Å². The summed E-state index contributed by atoms with van der Waals surface area (Å²) in [4.78, 5) is 8.64. The summed E-state index contributed by atoms with van der Waals surface area (Å²) in [6.07, 6.45) is 6.74. The van der Waals surface area contributed by atoms with Crippen molar-refractivity contribution in [2.45, 2.75) is 13.5 Å². The molecule has 7 heteroatoms. The number of aliphatic imine (C=N–C) groups is 1. The van der Waals surface area contributed by atoms with Gasteiger partial charge >= 0.3 is 0 Å². The third-order valence-corrected chi connectivity index (χ3v) is 2.74. The Hall–Kier alpha value is -2.08. The van der Waals surface area contributed by atoms with Crippen LogP contribution in [0.25, 0.3) is 11.4 Å². The van der Waals surface area contributed by atoms with Crippen LogP contribution in [0.5, 0.6) is 0 Å². The molecule has 6 nitrogen and oxygen atoms in total. The predicted octanol–water partition coefficient (Wildman–Crippen LogP) is 1.78. The number of rotatable bonds is 5. The van der Waals surface area contributed by atoms with Crippen molar-refractivity contribution in [3.63, 3.8) is 0 Å². The van der Waals surface area contributed by atoms with E-state index in [9.17, 15) is 0 Å². The van der Waals surface area contributed by atoms with Gasteiger partial charge in [-0.3, -0.25) is 5.10 Å². The molecular formula is C15H19IN6. The van der Waals surface area contributed by atoms with E-state index >= 15 is 0 Å². The van der Waals surface area contributed by atoms with Crippen LogP contribution >= 0.6 is 24.0 Å². The third-order valence-electron chi connectivity index (χ3n) is 2.74. The van der Waals surface area contributed by atoms with E-state index in [1.165, 1.54) is 6.33 Å². The Morgan fingerprint density at radius 1 is 1.41 bits per heavy atom. The summed E-state index contributed by atoms with van der Waals surface area (Å²) in [5, 5.41) is 12.9. The van der Waals surface area contributed by atoms with Crippen LogP contribution < -0.4 is 10.6 Å². The van der Waals surface area contributed by atoms with Crippen molar-refractivity contribution in [2.75, 3.05) is 13.1 Å². The van der Waals surface area contributed by atoms with Gasteiger partial charge in [0.15, 0.2) is 11.8 Å². The first-order valence-electron chi connectivity index (χ1n) is 6.73. The van der Waals surface area contributed by atoms with Crippen molar-refractivity contribution in [1.82, 2.24) is 25.8 Å². The second kappa shape index (κ2) is 9.78. The van der Waals surface area contributed by atoms with Crippen LogP contribution in [-0.4, -0.2) is 34.2 Å². The molecule has 1 heterocycles. The summed E-state index contributed by atoms with van der Waals surface area (Å²) < 4.78 is 0. The lowest BCUT2D eigenvalue weighted by Crippen LogP contribution is -2.37. The Bertz CT molecular complexity index is 630. The topological polar surface area (TPSA) is 78.0 Å². The zero-order valence-electron chi connectivity index (χ0n) is 12.3. The van der Waals surface area contributed by atoms with Crippen LogP contribution in [0.1, 0.15) is 12.5 Å². The molecular weight excluding hydrogens is 391 g/mol. The zero-order valence-corrected chi connectivity index (χ0v) is 14.7. The van der Waals surface area contributed by atoms with Gasteiger partial charge in [-0.15, -0.1) is 30.4 Å². The van der Waals surface area contributed by atoms with Crippen LogP contribution in [0, 0.1) is 12.3 Å². The number of aromatic nitrogens is 3. The zero-order chi connectivity index (χ0) is 14.9. The van der Waals surface area contributed by atoms with Crippen molar-refractivity contribution in [3.05, 3.63) is 36.2 Å². The summed E-state index contributed by atoms with van der Waals surface area (Å²) in [7, 11) is 0. The molecule has 0 radical (unpaired) electrons. The Morgan fingerprint density at radius 2 is 2.27 bits per heavy atom. The Kier molecular flexibility index (Phi) is 7.99. The number of guanidine groups is 1. The number of hydrogen-bond donors (Lipinski definition) is 3. The average molecular weight is 410 g/mol. The van der Waals surface area contributed by atoms with E-state index in [1.807, 2.05) is 31.2 Å². The number of nitrogens with one attached hydrogen (secondary N) is 3. The minimum atomic E-state index is 0. The smallest absolute Gasteiger partial charge is 0.192 e. The summed E-state index contributed by atoms with van der Waals surface area (Å²) in [6, 6.07) is 8.02. The van der Waals surface area contributed by atoms with E-state index in [2.05, 4.69) is 36.7 Å². The molecule has 2 rings (SSSR count). The quantitative estimate of drug-likeness (QED) is 0.304. The molecule has 0 atom stereocenters. The van der Waals surface area contributed by atoms with Gasteiger partial charge in [-0.05, 0) is 18.6 Å². The van der Waals surface area contributed by atoms with Gasteiger partial charge in [0.2, 0.25) is 0 Å². The van der Waals surface area contributed by atoms with Gasteiger partial charge in [0.1, 0.15) is 6.33 Å². The van der Waals surface area contributed by atoms with Crippen LogP contribution in [0.4, 0.5) is 0 Å². The van der Waals surface area contributed by atoms with Crippen LogP contribution in [0.2, 0.25) is 0 Å². The molecule has 0 fully saturated rings. The first-order valence-corrected chi connectivity index (χ1v) is 6.73. The van der Waals surface area contributed by atoms with E-state index in [-0.39, 0.29) is 24.0 Å². The summed E-state index contributed by atoms with van der Waals surface area (Å²) in [6.45, 7) is 3.80. The molecule has 0 unspecified atom stereocenters. The van der Waals surface area contributed by atoms with Gasteiger partial charge in [0, 0.05) is 12.1 Å². The SMILES string of the molecule is C#CCNC(=NCc1cccc(-c2ncn[nH]2)c1)NCC.I.